The fraction of sp³-hybridized carbons (Fsp3) is 0.312. The molecule has 6 heterocycles. The van der Waals surface area contributed by atoms with Gasteiger partial charge in [0.05, 0.1) is 12.3 Å². The minimum absolute atomic E-state index is 0.0533. The Morgan fingerprint density at radius 1 is 1.42 bits per heavy atom. The van der Waals surface area contributed by atoms with E-state index in [1.807, 2.05) is 16.8 Å². The summed E-state index contributed by atoms with van der Waals surface area (Å²) in [5.74, 6) is 0.279. The van der Waals surface area contributed by atoms with Crippen molar-refractivity contribution in [3.63, 3.8) is 0 Å². The number of hydrogen-bond donors (Lipinski definition) is 2. The van der Waals surface area contributed by atoms with Crippen molar-refractivity contribution < 1.29 is 28.3 Å². The van der Waals surface area contributed by atoms with Crippen LogP contribution in [0.3, 0.4) is 0 Å². The van der Waals surface area contributed by atoms with E-state index in [4.69, 9.17) is 9.26 Å². The van der Waals surface area contributed by atoms with Crippen molar-refractivity contribution in [3.05, 3.63) is 38.1 Å². The number of aromatic nitrogens is 5. The fourth-order valence-electron chi connectivity index (χ4n) is 3.83. The standard InChI is InChI=1S/C16H13BrN5O7PS/c17-15-19-9-12(20-16-18-7(3-21(16)13(9)24)6-1-2-31-5-6)22(15)14-10(23)11-8(28-14)4-27-30(25,26)29-11/h1-3,5,8,10-11,14,23H,4H2,(H,18,20)(H,25,26)/p-1/t8?,10?,11-,14-/m1/s1. The molecule has 4 aromatic rings. The lowest BCUT2D eigenvalue weighted by molar-refractivity contribution is -0.245. The number of nitrogens with one attached hydrogen (secondary N) is 1. The number of nitrogens with zero attached hydrogens (tertiary/aromatic N) is 4. The normalized spacial score (nSPS) is 30.9. The quantitative estimate of drug-likeness (QED) is 0.286. The van der Waals surface area contributed by atoms with Crippen molar-refractivity contribution in [1.29, 1.82) is 0 Å². The van der Waals surface area contributed by atoms with Gasteiger partial charge in [-0.05, 0) is 27.4 Å². The van der Waals surface area contributed by atoms with E-state index >= 15 is 0 Å². The summed E-state index contributed by atoms with van der Waals surface area (Å²) in [4.78, 5) is 36.6. The summed E-state index contributed by atoms with van der Waals surface area (Å²) in [5.41, 5.74) is 1.42. The summed E-state index contributed by atoms with van der Waals surface area (Å²) in [6, 6.07) is 1.91. The van der Waals surface area contributed by atoms with Crippen LogP contribution in [0.2, 0.25) is 0 Å². The third kappa shape index (κ3) is 2.98. The highest BCUT2D eigenvalue weighted by molar-refractivity contribution is 9.10. The summed E-state index contributed by atoms with van der Waals surface area (Å²) in [6.07, 6.45) is -2.79. The molecule has 3 unspecified atom stereocenters. The molecule has 0 radical (unpaired) electrons. The lowest BCUT2D eigenvalue weighted by Gasteiger charge is -2.34. The maximum atomic E-state index is 13.1. The molecule has 0 aliphatic carbocycles. The Morgan fingerprint density at radius 2 is 2.26 bits per heavy atom. The number of rotatable bonds is 2. The minimum atomic E-state index is -4.52. The van der Waals surface area contributed by atoms with Crippen molar-refractivity contribution in [2.75, 3.05) is 6.61 Å². The highest BCUT2D eigenvalue weighted by Crippen LogP contribution is 2.50. The van der Waals surface area contributed by atoms with Crippen LogP contribution in [0, 0.1) is 0 Å². The Hall–Kier alpha value is -1.90. The number of phosphoric acid groups is 1. The third-order valence-corrected chi connectivity index (χ3v) is 7.46. The van der Waals surface area contributed by atoms with E-state index in [2.05, 4.69) is 35.4 Å². The van der Waals surface area contributed by atoms with Crippen LogP contribution in [0.5, 0.6) is 0 Å². The van der Waals surface area contributed by atoms with Crippen molar-refractivity contribution in [2.45, 2.75) is 24.5 Å². The van der Waals surface area contributed by atoms with Crippen molar-refractivity contribution >= 4 is 52.0 Å². The van der Waals surface area contributed by atoms with Gasteiger partial charge in [-0.1, -0.05) is 0 Å². The van der Waals surface area contributed by atoms with Crippen LogP contribution in [-0.2, 0) is 18.3 Å². The lowest BCUT2D eigenvalue weighted by atomic mass is 10.1. The SMILES string of the molecule is O=c1c2nc(Br)n([C@@H]3OC4COP(=O)([O-])O[C@H]4C3O)c2nc2[nH]c(-c3ccsc3)cn12. The van der Waals surface area contributed by atoms with Gasteiger partial charge in [0.15, 0.2) is 22.1 Å². The second kappa shape index (κ2) is 6.80. The molecule has 4 aromatic heterocycles. The molecule has 162 valence electrons. The van der Waals surface area contributed by atoms with Crippen LogP contribution in [0.25, 0.3) is 28.2 Å². The van der Waals surface area contributed by atoms with Gasteiger partial charge in [-0.15, -0.1) is 0 Å². The predicted octanol–water partition coefficient (Wildman–Crippen LogP) is 1.01. The van der Waals surface area contributed by atoms with E-state index in [1.54, 1.807) is 6.20 Å². The summed E-state index contributed by atoms with van der Waals surface area (Å²) in [7, 11) is -4.52. The number of aliphatic hydroxyl groups is 1. The molecule has 0 saturated carbocycles. The van der Waals surface area contributed by atoms with Gasteiger partial charge >= 0.3 is 0 Å². The average Bonchev–Trinajstić information content (AvgIpc) is 3.48. The molecule has 15 heteroatoms. The molecule has 2 fully saturated rings. The number of fused-ring (bicyclic) bond motifs is 3. The fourth-order valence-corrected chi connectivity index (χ4v) is 5.99. The van der Waals surface area contributed by atoms with Gasteiger partial charge in [0, 0.05) is 17.1 Å². The van der Waals surface area contributed by atoms with Crippen LogP contribution in [-0.4, -0.2) is 53.9 Å². The number of hydrogen-bond acceptors (Lipinski definition) is 10. The number of halogens is 1. The van der Waals surface area contributed by atoms with Gasteiger partial charge in [0.25, 0.3) is 13.4 Å². The van der Waals surface area contributed by atoms with Gasteiger partial charge in [0.1, 0.15) is 18.3 Å². The first-order chi connectivity index (χ1) is 14.8. The molecule has 31 heavy (non-hydrogen) atoms. The second-order valence-electron chi connectivity index (χ2n) is 7.08. The molecule has 2 saturated heterocycles. The molecule has 5 atom stereocenters. The zero-order valence-electron chi connectivity index (χ0n) is 15.2. The van der Waals surface area contributed by atoms with Crippen LogP contribution < -0.4 is 10.5 Å². The monoisotopic (exact) mass is 528 g/mol. The predicted molar refractivity (Wildman–Crippen MR) is 108 cm³/mol. The van der Waals surface area contributed by atoms with Crippen molar-refractivity contribution in [1.82, 2.24) is 23.9 Å². The molecular weight excluding hydrogens is 517 g/mol. The molecule has 0 bridgehead atoms. The van der Waals surface area contributed by atoms with Crippen molar-refractivity contribution in [2.24, 2.45) is 0 Å². The van der Waals surface area contributed by atoms with E-state index in [0.717, 1.165) is 5.56 Å². The Kier molecular flexibility index (Phi) is 4.33. The van der Waals surface area contributed by atoms with Crippen LogP contribution in [0.4, 0.5) is 0 Å². The third-order valence-electron chi connectivity index (χ3n) is 5.25. The zero-order chi connectivity index (χ0) is 21.5. The van der Waals surface area contributed by atoms with Gasteiger partial charge in [-0.2, -0.15) is 16.3 Å². The maximum Gasteiger partial charge on any atom is 0.287 e. The van der Waals surface area contributed by atoms with E-state index in [-0.39, 0.29) is 28.3 Å². The summed E-state index contributed by atoms with van der Waals surface area (Å²) < 4.78 is 29.9. The number of H-pyrrole nitrogens is 1. The number of imidazole rings is 2. The first-order valence-electron chi connectivity index (χ1n) is 9.01. The summed E-state index contributed by atoms with van der Waals surface area (Å²) in [5, 5.41) is 14.6. The topological polar surface area (TPSA) is 156 Å². The number of aromatic amines is 1. The number of phosphoric ester groups is 1. The molecule has 12 nitrogen and oxygen atoms in total. The molecular formula is C16H12BrN5O7PS-. The lowest BCUT2D eigenvalue weighted by Crippen LogP contribution is -2.41. The molecule has 2 N–H and O–H groups in total. The van der Waals surface area contributed by atoms with E-state index < -0.39 is 37.9 Å². The summed E-state index contributed by atoms with van der Waals surface area (Å²) in [6.45, 7) is -0.287. The first kappa shape index (κ1) is 19.8. The highest BCUT2D eigenvalue weighted by Gasteiger charge is 2.51. The number of thiophene rings is 1. The second-order valence-corrected chi connectivity index (χ2v) is 9.93. The van der Waals surface area contributed by atoms with E-state index in [1.165, 1.54) is 20.3 Å². The van der Waals surface area contributed by atoms with Crippen molar-refractivity contribution in [3.8, 4) is 11.3 Å². The molecule has 6 rings (SSSR count). The average molecular weight is 529 g/mol. The number of aliphatic hydroxyl groups excluding tert-OH is 1. The molecule has 2 aliphatic rings. The number of ether oxygens (including phenoxy) is 1. The first-order valence-corrected chi connectivity index (χ1v) is 12.2. The van der Waals surface area contributed by atoms with E-state index in [9.17, 15) is 19.4 Å². The highest BCUT2D eigenvalue weighted by atomic mass is 79.9. The molecule has 0 spiro atoms. The molecule has 0 aromatic carbocycles. The van der Waals surface area contributed by atoms with Crippen LogP contribution in [0.15, 0.2) is 32.6 Å². The van der Waals surface area contributed by atoms with E-state index in [0.29, 0.717) is 5.69 Å². The Bertz CT molecular complexity index is 1430. The molecule has 0 amide bonds. The Morgan fingerprint density at radius 3 is 3.03 bits per heavy atom. The van der Waals surface area contributed by atoms with Gasteiger partial charge in [-0.25, -0.2) is 9.38 Å². The Balaban J connectivity index is 1.49. The zero-order valence-corrected chi connectivity index (χ0v) is 18.5. The van der Waals surface area contributed by atoms with Gasteiger partial charge < -0.3 is 28.8 Å². The Labute approximate surface area is 184 Å². The van der Waals surface area contributed by atoms with Crippen LogP contribution in [0.1, 0.15) is 6.23 Å². The summed E-state index contributed by atoms with van der Waals surface area (Å²) >= 11 is 4.81. The maximum absolute atomic E-state index is 13.1. The van der Waals surface area contributed by atoms with Gasteiger partial charge in [-0.3, -0.25) is 13.9 Å². The smallest absolute Gasteiger partial charge is 0.287 e. The largest absolute Gasteiger partial charge is 0.756 e. The minimum Gasteiger partial charge on any atom is -0.756 e. The molecule has 2 aliphatic heterocycles. The van der Waals surface area contributed by atoms with Gasteiger partial charge in [0.2, 0.25) is 5.78 Å². The van der Waals surface area contributed by atoms with Crippen LogP contribution >= 0.6 is 35.1 Å².